The molecule has 0 bridgehead atoms. The van der Waals surface area contributed by atoms with E-state index in [0.717, 1.165) is 24.1 Å². The second kappa shape index (κ2) is 9.32. The topological polar surface area (TPSA) is 79.3 Å². The second-order valence-electron chi connectivity index (χ2n) is 6.22. The Balaban J connectivity index is 1.93. The highest BCUT2D eigenvalue weighted by Crippen LogP contribution is 2.26. The van der Waals surface area contributed by atoms with Gasteiger partial charge in [-0.1, -0.05) is 57.0 Å². The van der Waals surface area contributed by atoms with Crippen LogP contribution in [0.4, 0.5) is 5.13 Å². The van der Waals surface area contributed by atoms with Crippen LogP contribution in [-0.2, 0) is 9.59 Å². The Morgan fingerprint density at radius 1 is 1.28 bits per heavy atom. The summed E-state index contributed by atoms with van der Waals surface area (Å²) in [5.41, 5.74) is 1.82. The molecule has 2 atom stereocenters. The highest BCUT2D eigenvalue weighted by Gasteiger charge is 2.26. The predicted octanol–water partition coefficient (Wildman–Crippen LogP) is 4.67. The number of benzene rings is 1. The molecule has 2 N–H and O–H groups in total. The van der Waals surface area contributed by atoms with Gasteiger partial charge in [0.15, 0.2) is 5.13 Å². The van der Waals surface area contributed by atoms with Crippen molar-refractivity contribution in [3.8, 4) is 11.3 Å². The van der Waals surface area contributed by atoms with E-state index >= 15 is 0 Å². The van der Waals surface area contributed by atoms with Crippen molar-refractivity contribution in [3.05, 3.63) is 35.7 Å². The summed E-state index contributed by atoms with van der Waals surface area (Å²) in [4.78, 5) is 28.1. The molecule has 2 unspecified atom stereocenters. The summed E-state index contributed by atoms with van der Waals surface area (Å²) in [6.07, 6.45) is 2.59. The first-order valence-electron chi connectivity index (χ1n) is 8.54. The van der Waals surface area contributed by atoms with Crippen molar-refractivity contribution in [1.82, 2.24) is 4.98 Å². The van der Waals surface area contributed by atoms with E-state index in [0.29, 0.717) is 11.6 Å². The molecule has 0 spiro atoms. The standard InChI is InChI=1S/C19H24N2O3S/c1-3-4-10-15(18(23)24)13(2)11-17(22)21-19-20-16(12-25-19)14-8-6-5-7-9-14/h5-9,12-13,15H,3-4,10-11H2,1-2H3,(H,23,24)(H,20,21,22). The van der Waals surface area contributed by atoms with E-state index in [1.54, 1.807) is 0 Å². The molecule has 134 valence electrons. The minimum atomic E-state index is -0.825. The maximum absolute atomic E-state index is 12.2. The molecule has 1 amide bonds. The van der Waals surface area contributed by atoms with E-state index in [4.69, 9.17) is 0 Å². The molecule has 0 fully saturated rings. The first-order valence-corrected chi connectivity index (χ1v) is 9.42. The van der Waals surface area contributed by atoms with Gasteiger partial charge in [0.25, 0.3) is 0 Å². The van der Waals surface area contributed by atoms with Crippen LogP contribution in [-0.4, -0.2) is 22.0 Å². The number of hydrogen-bond donors (Lipinski definition) is 2. The molecule has 0 saturated carbocycles. The first-order chi connectivity index (χ1) is 12.0. The van der Waals surface area contributed by atoms with Crippen LogP contribution in [0.15, 0.2) is 35.7 Å². The van der Waals surface area contributed by atoms with Gasteiger partial charge in [-0.3, -0.25) is 9.59 Å². The number of carboxylic acids is 1. The number of amides is 1. The second-order valence-corrected chi connectivity index (χ2v) is 7.08. The third kappa shape index (κ3) is 5.67. The number of aromatic nitrogens is 1. The Labute approximate surface area is 152 Å². The van der Waals surface area contributed by atoms with Gasteiger partial charge in [-0.15, -0.1) is 11.3 Å². The maximum Gasteiger partial charge on any atom is 0.306 e. The zero-order valence-corrected chi connectivity index (χ0v) is 15.4. The van der Waals surface area contributed by atoms with Crippen LogP contribution >= 0.6 is 11.3 Å². The Hall–Kier alpha value is -2.21. The van der Waals surface area contributed by atoms with Crippen molar-refractivity contribution in [1.29, 1.82) is 0 Å². The van der Waals surface area contributed by atoms with Crippen molar-refractivity contribution >= 4 is 28.3 Å². The van der Waals surface area contributed by atoms with Crippen LogP contribution in [0.3, 0.4) is 0 Å². The van der Waals surface area contributed by atoms with Crippen molar-refractivity contribution in [2.45, 2.75) is 39.5 Å². The van der Waals surface area contributed by atoms with Gasteiger partial charge in [0.05, 0.1) is 11.6 Å². The maximum atomic E-state index is 12.2. The molecule has 0 saturated heterocycles. The molecule has 6 heteroatoms. The lowest BCUT2D eigenvalue weighted by molar-refractivity contribution is -0.144. The summed E-state index contributed by atoms with van der Waals surface area (Å²) in [6.45, 7) is 3.86. The molecule has 5 nitrogen and oxygen atoms in total. The van der Waals surface area contributed by atoms with Crippen LogP contribution in [0.2, 0.25) is 0 Å². The quantitative estimate of drug-likeness (QED) is 0.681. The van der Waals surface area contributed by atoms with Crippen LogP contribution in [0.25, 0.3) is 11.3 Å². The fourth-order valence-corrected chi connectivity index (χ4v) is 3.49. The van der Waals surface area contributed by atoms with Crippen molar-refractivity contribution in [3.63, 3.8) is 0 Å². The lowest BCUT2D eigenvalue weighted by Gasteiger charge is -2.19. The van der Waals surface area contributed by atoms with E-state index in [9.17, 15) is 14.7 Å². The summed E-state index contributed by atoms with van der Waals surface area (Å²) in [7, 11) is 0. The largest absolute Gasteiger partial charge is 0.481 e. The van der Waals surface area contributed by atoms with Gasteiger partial charge in [-0.2, -0.15) is 0 Å². The van der Waals surface area contributed by atoms with Crippen LogP contribution < -0.4 is 5.32 Å². The van der Waals surface area contributed by atoms with E-state index in [2.05, 4.69) is 10.3 Å². The molecule has 1 heterocycles. The Bertz CT molecular complexity index is 700. The molecule has 1 aromatic carbocycles. The fourth-order valence-electron chi connectivity index (χ4n) is 2.75. The minimum Gasteiger partial charge on any atom is -0.481 e. The summed E-state index contributed by atoms with van der Waals surface area (Å²) >= 11 is 1.37. The predicted molar refractivity (Wildman–Crippen MR) is 101 cm³/mol. The third-order valence-electron chi connectivity index (χ3n) is 4.20. The molecule has 0 radical (unpaired) electrons. The van der Waals surface area contributed by atoms with Crippen LogP contribution in [0.1, 0.15) is 39.5 Å². The number of carbonyl (C=O) groups is 2. The van der Waals surface area contributed by atoms with Gasteiger partial charge in [-0.25, -0.2) is 4.98 Å². The molecule has 2 rings (SSSR count). The van der Waals surface area contributed by atoms with Crippen molar-refractivity contribution in [2.75, 3.05) is 5.32 Å². The first kappa shape index (κ1) is 19.1. The molecular formula is C19H24N2O3S. The normalized spacial score (nSPS) is 13.2. The van der Waals surface area contributed by atoms with Crippen molar-refractivity contribution < 1.29 is 14.7 Å². The van der Waals surface area contributed by atoms with Crippen LogP contribution in [0, 0.1) is 11.8 Å². The van der Waals surface area contributed by atoms with Crippen molar-refractivity contribution in [2.24, 2.45) is 11.8 Å². The highest BCUT2D eigenvalue weighted by molar-refractivity contribution is 7.14. The average molecular weight is 360 g/mol. The van der Waals surface area contributed by atoms with Gasteiger partial charge >= 0.3 is 5.97 Å². The zero-order chi connectivity index (χ0) is 18.2. The number of thiazole rings is 1. The Morgan fingerprint density at radius 3 is 2.64 bits per heavy atom. The van der Waals surface area contributed by atoms with E-state index < -0.39 is 11.9 Å². The lowest BCUT2D eigenvalue weighted by Crippen LogP contribution is -2.26. The Morgan fingerprint density at radius 2 is 2.00 bits per heavy atom. The number of rotatable bonds is 9. The average Bonchev–Trinajstić information content (AvgIpc) is 3.04. The van der Waals surface area contributed by atoms with E-state index in [1.807, 2.05) is 49.6 Å². The molecule has 0 aliphatic carbocycles. The SMILES string of the molecule is CCCCC(C(=O)O)C(C)CC(=O)Nc1nc(-c2ccccc2)cs1. The number of unbranched alkanes of at least 4 members (excludes halogenated alkanes) is 1. The fraction of sp³-hybridized carbons (Fsp3) is 0.421. The number of nitrogens with zero attached hydrogens (tertiary/aromatic N) is 1. The number of carboxylic acid groups (broad SMARTS) is 1. The van der Waals surface area contributed by atoms with Gasteiger partial charge in [0.2, 0.25) is 5.91 Å². The number of nitrogens with one attached hydrogen (secondary N) is 1. The highest BCUT2D eigenvalue weighted by atomic mass is 32.1. The minimum absolute atomic E-state index is 0.181. The van der Waals surface area contributed by atoms with Gasteiger partial charge < -0.3 is 10.4 Å². The third-order valence-corrected chi connectivity index (χ3v) is 4.96. The summed E-state index contributed by atoms with van der Waals surface area (Å²) in [5, 5.41) is 14.6. The van der Waals surface area contributed by atoms with E-state index in [1.165, 1.54) is 11.3 Å². The Kier molecular flexibility index (Phi) is 7.13. The van der Waals surface area contributed by atoms with Gasteiger partial charge in [-0.05, 0) is 12.3 Å². The molecule has 0 aliphatic heterocycles. The summed E-state index contributed by atoms with van der Waals surface area (Å²) in [5.74, 6) is -1.71. The molecule has 0 aliphatic rings. The number of carbonyl (C=O) groups excluding carboxylic acids is 1. The molecular weight excluding hydrogens is 336 g/mol. The molecule has 2 aromatic rings. The van der Waals surface area contributed by atoms with Crippen LogP contribution in [0.5, 0.6) is 0 Å². The number of aliphatic carboxylic acids is 1. The summed E-state index contributed by atoms with van der Waals surface area (Å²) < 4.78 is 0. The summed E-state index contributed by atoms with van der Waals surface area (Å²) in [6, 6.07) is 9.76. The van der Waals surface area contributed by atoms with Gasteiger partial charge in [0.1, 0.15) is 0 Å². The van der Waals surface area contributed by atoms with Gasteiger partial charge in [0, 0.05) is 17.4 Å². The lowest BCUT2D eigenvalue weighted by atomic mass is 9.87. The molecule has 25 heavy (non-hydrogen) atoms. The smallest absolute Gasteiger partial charge is 0.306 e. The monoisotopic (exact) mass is 360 g/mol. The number of anilines is 1. The van der Waals surface area contributed by atoms with E-state index in [-0.39, 0.29) is 18.2 Å². The number of hydrogen-bond acceptors (Lipinski definition) is 4. The molecule has 1 aromatic heterocycles. The zero-order valence-electron chi connectivity index (χ0n) is 14.6.